The maximum Gasteiger partial charge on any atom is 0.276 e. The van der Waals surface area contributed by atoms with Crippen LogP contribution < -0.4 is 4.74 Å². The van der Waals surface area contributed by atoms with Crippen LogP contribution in [0.4, 0.5) is 10.1 Å². The van der Waals surface area contributed by atoms with Crippen LogP contribution >= 0.6 is 0 Å². The summed E-state index contributed by atoms with van der Waals surface area (Å²) in [6.45, 7) is 0.122. The van der Waals surface area contributed by atoms with Gasteiger partial charge in [0.15, 0.2) is 5.82 Å². The molecule has 23 heavy (non-hydrogen) atoms. The summed E-state index contributed by atoms with van der Waals surface area (Å²) in [5.41, 5.74) is -0.331. The lowest BCUT2D eigenvalue weighted by Gasteiger charge is -2.10. The van der Waals surface area contributed by atoms with E-state index in [1.165, 1.54) is 6.07 Å². The first kappa shape index (κ1) is 14.1. The number of nitrogens with zero attached hydrogens (tertiary/aromatic N) is 4. The summed E-state index contributed by atoms with van der Waals surface area (Å²) in [5.74, 6) is 1.62. The molecule has 0 atom stereocenters. The van der Waals surface area contributed by atoms with Crippen LogP contribution in [0.3, 0.4) is 0 Å². The van der Waals surface area contributed by atoms with Gasteiger partial charge in [-0.15, -0.1) is 10.2 Å². The van der Waals surface area contributed by atoms with Gasteiger partial charge in [0.1, 0.15) is 24.0 Å². The molecule has 2 aromatic rings. The molecule has 2 fully saturated rings. The lowest BCUT2D eigenvalue weighted by molar-refractivity contribution is -0.385. The maximum absolute atomic E-state index is 13.4. The Labute approximate surface area is 131 Å². The largest absolute Gasteiger partial charge is 0.485 e. The number of aromatic nitrogens is 3. The molecule has 0 aliphatic heterocycles. The first-order valence-corrected chi connectivity index (χ1v) is 7.63. The van der Waals surface area contributed by atoms with E-state index in [1.807, 2.05) is 0 Å². The average molecular weight is 318 g/mol. The van der Waals surface area contributed by atoms with Crippen molar-refractivity contribution in [3.05, 3.63) is 45.8 Å². The number of ether oxygens (including phenoxy) is 1. The molecule has 7 nitrogen and oxygen atoms in total. The Morgan fingerprint density at radius 2 is 2.04 bits per heavy atom. The predicted octanol–water partition coefficient (Wildman–Crippen LogP) is 3.12. The van der Waals surface area contributed by atoms with E-state index in [-0.39, 0.29) is 18.0 Å². The van der Waals surface area contributed by atoms with E-state index in [0.29, 0.717) is 17.8 Å². The Morgan fingerprint density at radius 3 is 2.70 bits per heavy atom. The SMILES string of the molecule is O=[N+]([O-])c1cc(F)cc(OCc2nnc(C3CC3)n2C2CC2)c1. The molecule has 0 bridgehead atoms. The summed E-state index contributed by atoms with van der Waals surface area (Å²) in [5, 5.41) is 19.2. The van der Waals surface area contributed by atoms with Crippen molar-refractivity contribution < 1.29 is 14.1 Å². The normalized spacial score (nSPS) is 17.3. The number of rotatable bonds is 6. The van der Waals surface area contributed by atoms with Crippen LogP contribution in [-0.2, 0) is 6.61 Å². The summed E-state index contributed by atoms with van der Waals surface area (Å²) < 4.78 is 21.1. The summed E-state index contributed by atoms with van der Waals surface area (Å²) in [6.07, 6.45) is 4.50. The molecule has 8 heteroatoms. The molecule has 2 aliphatic carbocycles. The third-order valence-corrected chi connectivity index (χ3v) is 4.08. The van der Waals surface area contributed by atoms with Gasteiger partial charge in [-0.2, -0.15) is 0 Å². The van der Waals surface area contributed by atoms with Crippen LogP contribution in [0.5, 0.6) is 5.75 Å². The second-order valence-corrected chi connectivity index (χ2v) is 6.04. The molecule has 0 unspecified atom stereocenters. The molecule has 2 aliphatic rings. The van der Waals surface area contributed by atoms with Gasteiger partial charge in [-0.25, -0.2) is 4.39 Å². The van der Waals surface area contributed by atoms with Crippen LogP contribution in [-0.4, -0.2) is 19.7 Å². The third-order valence-electron chi connectivity index (χ3n) is 4.08. The minimum atomic E-state index is -0.698. The zero-order valence-electron chi connectivity index (χ0n) is 12.3. The van der Waals surface area contributed by atoms with Crippen molar-refractivity contribution >= 4 is 5.69 Å². The number of nitro benzene ring substituents is 1. The molecule has 1 aromatic carbocycles. The van der Waals surface area contributed by atoms with Crippen LogP contribution in [0.25, 0.3) is 0 Å². The third kappa shape index (κ3) is 2.88. The molecule has 0 radical (unpaired) electrons. The van der Waals surface area contributed by atoms with Crippen LogP contribution in [0.15, 0.2) is 18.2 Å². The second kappa shape index (κ2) is 5.29. The van der Waals surface area contributed by atoms with E-state index < -0.39 is 10.7 Å². The fourth-order valence-corrected chi connectivity index (χ4v) is 2.67. The van der Waals surface area contributed by atoms with Crippen molar-refractivity contribution in [3.8, 4) is 5.75 Å². The first-order chi connectivity index (χ1) is 11.1. The standard InChI is InChI=1S/C15H15FN4O3/c16-10-5-12(20(21)22)7-13(6-10)23-8-14-17-18-15(9-1-2-9)19(14)11-3-4-11/h5-7,9,11H,1-4,8H2. The predicted molar refractivity (Wildman–Crippen MR) is 77.7 cm³/mol. The van der Waals surface area contributed by atoms with E-state index in [4.69, 9.17) is 4.74 Å². The highest BCUT2D eigenvalue weighted by Crippen LogP contribution is 2.44. The molecule has 120 valence electrons. The Balaban J connectivity index is 1.54. The number of nitro groups is 1. The first-order valence-electron chi connectivity index (χ1n) is 7.63. The molecule has 4 rings (SSSR count). The van der Waals surface area contributed by atoms with Gasteiger partial charge in [0.05, 0.1) is 17.1 Å². The fourth-order valence-electron chi connectivity index (χ4n) is 2.67. The van der Waals surface area contributed by atoms with E-state index in [0.717, 1.165) is 43.6 Å². The van der Waals surface area contributed by atoms with Gasteiger partial charge < -0.3 is 9.30 Å². The smallest absolute Gasteiger partial charge is 0.276 e. The van der Waals surface area contributed by atoms with Crippen molar-refractivity contribution in [1.82, 2.24) is 14.8 Å². The Hall–Kier alpha value is -2.51. The molecule has 1 heterocycles. The zero-order valence-corrected chi connectivity index (χ0v) is 12.3. The molecule has 0 amide bonds. The summed E-state index contributed by atoms with van der Waals surface area (Å²) in [6, 6.07) is 3.64. The van der Waals surface area contributed by atoms with Crippen LogP contribution in [0.1, 0.15) is 49.3 Å². The fraction of sp³-hybridized carbons (Fsp3) is 0.467. The van der Waals surface area contributed by atoms with Crippen LogP contribution in [0, 0.1) is 15.9 Å². The molecule has 0 spiro atoms. The number of hydrogen-bond acceptors (Lipinski definition) is 5. The van der Waals surface area contributed by atoms with Crippen molar-refractivity contribution in [2.75, 3.05) is 0 Å². The highest BCUT2D eigenvalue weighted by atomic mass is 19.1. The summed E-state index contributed by atoms with van der Waals surface area (Å²) in [7, 11) is 0. The van der Waals surface area contributed by atoms with Crippen molar-refractivity contribution in [2.45, 2.75) is 44.2 Å². The Kier molecular flexibility index (Phi) is 3.24. The lowest BCUT2D eigenvalue weighted by Crippen LogP contribution is -2.08. The number of halogens is 1. The molecule has 2 saturated carbocycles. The van der Waals surface area contributed by atoms with Crippen molar-refractivity contribution in [3.63, 3.8) is 0 Å². The maximum atomic E-state index is 13.4. The lowest BCUT2D eigenvalue weighted by atomic mass is 10.3. The van der Waals surface area contributed by atoms with Crippen molar-refractivity contribution in [2.24, 2.45) is 0 Å². The Morgan fingerprint density at radius 1 is 1.26 bits per heavy atom. The highest BCUT2D eigenvalue weighted by Gasteiger charge is 2.36. The highest BCUT2D eigenvalue weighted by molar-refractivity contribution is 5.38. The Bertz CT molecular complexity index is 768. The van der Waals surface area contributed by atoms with E-state index in [9.17, 15) is 14.5 Å². The van der Waals surface area contributed by atoms with Crippen LogP contribution in [0.2, 0.25) is 0 Å². The summed E-state index contributed by atoms with van der Waals surface area (Å²) in [4.78, 5) is 10.1. The second-order valence-electron chi connectivity index (χ2n) is 6.04. The minimum Gasteiger partial charge on any atom is -0.485 e. The van der Waals surface area contributed by atoms with E-state index in [2.05, 4.69) is 14.8 Å². The van der Waals surface area contributed by atoms with Gasteiger partial charge in [0.25, 0.3) is 5.69 Å². The van der Waals surface area contributed by atoms with E-state index in [1.54, 1.807) is 0 Å². The van der Waals surface area contributed by atoms with E-state index >= 15 is 0 Å². The zero-order chi connectivity index (χ0) is 16.0. The summed E-state index contributed by atoms with van der Waals surface area (Å²) >= 11 is 0. The molecular weight excluding hydrogens is 303 g/mol. The molecule has 1 aromatic heterocycles. The van der Waals surface area contributed by atoms with Gasteiger partial charge in [0.2, 0.25) is 0 Å². The van der Waals surface area contributed by atoms with Gasteiger partial charge in [0, 0.05) is 18.0 Å². The van der Waals surface area contributed by atoms with Gasteiger partial charge in [-0.05, 0) is 25.7 Å². The quantitative estimate of drug-likeness (QED) is 0.603. The molecular formula is C15H15FN4O3. The number of benzene rings is 1. The van der Waals surface area contributed by atoms with Gasteiger partial charge in [-0.1, -0.05) is 0 Å². The average Bonchev–Trinajstić information content (AvgIpc) is 3.43. The van der Waals surface area contributed by atoms with Gasteiger partial charge in [-0.3, -0.25) is 10.1 Å². The minimum absolute atomic E-state index is 0.120. The monoisotopic (exact) mass is 318 g/mol. The number of non-ortho nitro benzene ring substituents is 1. The van der Waals surface area contributed by atoms with Crippen molar-refractivity contribution in [1.29, 1.82) is 0 Å². The molecule has 0 N–H and O–H groups in total. The topological polar surface area (TPSA) is 83.1 Å². The molecule has 0 saturated heterocycles. The number of hydrogen-bond donors (Lipinski definition) is 0. The van der Waals surface area contributed by atoms with Gasteiger partial charge >= 0.3 is 0 Å².